The minimum absolute atomic E-state index is 0.290. The van der Waals surface area contributed by atoms with E-state index in [2.05, 4.69) is 18.0 Å². The van der Waals surface area contributed by atoms with E-state index in [1.165, 1.54) is 0 Å². The third kappa shape index (κ3) is 4.84. The summed E-state index contributed by atoms with van der Waals surface area (Å²) in [5.41, 5.74) is 3.42. The van der Waals surface area contributed by atoms with Gasteiger partial charge in [-0.05, 0) is 35.7 Å². The molecule has 5 heteroatoms. The lowest BCUT2D eigenvalue weighted by atomic mass is 10.1. The molecule has 25 heavy (non-hydrogen) atoms. The van der Waals surface area contributed by atoms with Gasteiger partial charge >= 0.3 is 5.97 Å². The maximum atomic E-state index is 10.9. The van der Waals surface area contributed by atoms with Gasteiger partial charge in [0.1, 0.15) is 0 Å². The Morgan fingerprint density at radius 2 is 1.80 bits per heavy atom. The minimum atomic E-state index is -0.917. The highest BCUT2D eigenvalue weighted by Crippen LogP contribution is 2.33. The maximum Gasteiger partial charge on any atom is 0.335 e. The van der Waals surface area contributed by atoms with Crippen molar-refractivity contribution >= 4 is 5.97 Å². The van der Waals surface area contributed by atoms with E-state index in [0.29, 0.717) is 25.3 Å². The number of carboxylic acid groups (broad SMARTS) is 1. The molecule has 0 atom stereocenters. The number of benzene rings is 2. The highest BCUT2D eigenvalue weighted by atomic mass is 16.5. The predicted octanol–water partition coefficient (Wildman–Crippen LogP) is 3.42. The molecule has 0 unspecified atom stereocenters. The fourth-order valence-electron chi connectivity index (χ4n) is 2.63. The van der Waals surface area contributed by atoms with Gasteiger partial charge in [0.15, 0.2) is 11.5 Å². The molecule has 2 N–H and O–H groups in total. The first-order valence-corrected chi connectivity index (χ1v) is 7.96. The molecule has 0 aromatic heterocycles. The summed E-state index contributed by atoms with van der Waals surface area (Å²) in [6.07, 6.45) is 2.53. The molecule has 5 nitrogen and oxygen atoms in total. The van der Waals surface area contributed by atoms with Gasteiger partial charge in [0, 0.05) is 18.7 Å². The molecule has 0 aliphatic carbocycles. The zero-order chi connectivity index (χ0) is 18.2. The van der Waals surface area contributed by atoms with Crippen LogP contribution in [-0.2, 0) is 19.5 Å². The molecule has 0 aliphatic rings. The molecular weight excluding hydrogens is 318 g/mol. The molecule has 0 fully saturated rings. The van der Waals surface area contributed by atoms with Gasteiger partial charge in [0.05, 0.1) is 19.8 Å². The van der Waals surface area contributed by atoms with Gasteiger partial charge < -0.3 is 19.9 Å². The zero-order valence-electron chi connectivity index (χ0n) is 14.5. The average Bonchev–Trinajstić information content (AvgIpc) is 2.62. The molecule has 0 amide bonds. The maximum absolute atomic E-state index is 10.9. The first-order chi connectivity index (χ1) is 12.1. The summed E-state index contributed by atoms with van der Waals surface area (Å²) in [5.74, 6) is 0.513. The van der Waals surface area contributed by atoms with Crippen LogP contribution in [0.1, 0.15) is 27.0 Å². The highest BCUT2D eigenvalue weighted by Gasteiger charge is 2.11. The van der Waals surface area contributed by atoms with Crippen molar-refractivity contribution in [3.63, 3.8) is 0 Å². The second kappa shape index (κ2) is 8.89. The Labute approximate surface area is 147 Å². The Morgan fingerprint density at radius 1 is 1.12 bits per heavy atom. The van der Waals surface area contributed by atoms with E-state index >= 15 is 0 Å². The average molecular weight is 341 g/mol. The third-order valence-corrected chi connectivity index (χ3v) is 3.84. The van der Waals surface area contributed by atoms with Gasteiger partial charge in [0.2, 0.25) is 0 Å². The van der Waals surface area contributed by atoms with E-state index < -0.39 is 5.97 Å². The number of nitrogens with one attached hydrogen (secondary N) is 1. The molecule has 0 aliphatic heterocycles. The molecule has 0 spiro atoms. The molecular formula is C20H23NO4. The fraction of sp³-hybridized carbons (Fsp3) is 0.250. The molecule has 0 heterocycles. The number of rotatable bonds is 9. The van der Waals surface area contributed by atoms with Crippen LogP contribution in [0.2, 0.25) is 0 Å². The van der Waals surface area contributed by atoms with Gasteiger partial charge in [-0.3, -0.25) is 0 Å². The Bertz CT molecular complexity index is 738. The molecule has 0 bridgehead atoms. The number of ether oxygens (including phenoxy) is 2. The van der Waals surface area contributed by atoms with E-state index in [0.717, 1.165) is 22.4 Å². The standard InChI is InChI=1S/C20H23NO4/c1-4-5-17-10-15(11-18(24-2)19(17)25-3)13-21-12-14-6-8-16(9-7-14)20(22)23/h4,6-11,21H,1,5,12-13H2,2-3H3,(H,22,23). The van der Waals surface area contributed by atoms with Gasteiger partial charge in [-0.1, -0.05) is 24.3 Å². The number of allylic oxidation sites excluding steroid dienone is 1. The number of carboxylic acids is 1. The normalized spacial score (nSPS) is 10.3. The summed E-state index contributed by atoms with van der Waals surface area (Å²) in [6.45, 7) is 5.09. The Hall–Kier alpha value is -2.79. The van der Waals surface area contributed by atoms with Crippen LogP contribution in [0.5, 0.6) is 11.5 Å². The van der Waals surface area contributed by atoms with Crippen LogP contribution in [0.15, 0.2) is 49.1 Å². The van der Waals surface area contributed by atoms with Crippen molar-refractivity contribution < 1.29 is 19.4 Å². The lowest BCUT2D eigenvalue weighted by Crippen LogP contribution is -2.13. The van der Waals surface area contributed by atoms with E-state index in [1.807, 2.05) is 24.3 Å². The number of hydrogen-bond donors (Lipinski definition) is 2. The van der Waals surface area contributed by atoms with Crippen molar-refractivity contribution in [2.24, 2.45) is 0 Å². The van der Waals surface area contributed by atoms with Gasteiger partial charge in [-0.15, -0.1) is 6.58 Å². The smallest absolute Gasteiger partial charge is 0.335 e. The fourth-order valence-corrected chi connectivity index (χ4v) is 2.63. The summed E-state index contributed by atoms with van der Waals surface area (Å²) in [5, 5.41) is 12.3. The van der Waals surface area contributed by atoms with Crippen LogP contribution in [-0.4, -0.2) is 25.3 Å². The number of aromatic carboxylic acids is 1. The topological polar surface area (TPSA) is 67.8 Å². The Morgan fingerprint density at radius 3 is 2.36 bits per heavy atom. The molecule has 2 aromatic rings. The quantitative estimate of drug-likeness (QED) is 0.684. The monoisotopic (exact) mass is 341 g/mol. The molecule has 132 valence electrons. The lowest BCUT2D eigenvalue weighted by molar-refractivity contribution is 0.0697. The second-order valence-corrected chi connectivity index (χ2v) is 5.59. The Kier molecular flexibility index (Phi) is 6.60. The summed E-state index contributed by atoms with van der Waals surface area (Å²) in [4.78, 5) is 10.9. The summed E-state index contributed by atoms with van der Waals surface area (Å²) >= 11 is 0. The van der Waals surface area contributed by atoms with Crippen molar-refractivity contribution in [1.82, 2.24) is 5.32 Å². The van der Waals surface area contributed by atoms with Crippen molar-refractivity contribution in [2.45, 2.75) is 19.5 Å². The summed E-state index contributed by atoms with van der Waals surface area (Å²) < 4.78 is 10.9. The first kappa shape index (κ1) is 18.5. The van der Waals surface area contributed by atoms with E-state index in [-0.39, 0.29) is 5.56 Å². The largest absolute Gasteiger partial charge is 0.493 e. The van der Waals surface area contributed by atoms with E-state index in [1.54, 1.807) is 26.4 Å². The Balaban J connectivity index is 2.05. The van der Waals surface area contributed by atoms with Crippen molar-refractivity contribution in [1.29, 1.82) is 0 Å². The highest BCUT2D eigenvalue weighted by molar-refractivity contribution is 5.87. The summed E-state index contributed by atoms with van der Waals surface area (Å²) in [6, 6.07) is 10.9. The lowest BCUT2D eigenvalue weighted by Gasteiger charge is -2.15. The zero-order valence-corrected chi connectivity index (χ0v) is 14.5. The third-order valence-electron chi connectivity index (χ3n) is 3.84. The molecule has 2 rings (SSSR count). The molecule has 0 radical (unpaired) electrons. The minimum Gasteiger partial charge on any atom is -0.493 e. The predicted molar refractivity (Wildman–Crippen MR) is 97.4 cm³/mol. The number of carbonyl (C=O) groups is 1. The van der Waals surface area contributed by atoms with Crippen LogP contribution < -0.4 is 14.8 Å². The van der Waals surface area contributed by atoms with Crippen LogP contribution in [0.25, 0.3) is 0 Å². The van der Waals surface area contributed by atoms with Crippen LogP contribution in [0.4, 0.5) is 0 Å². The second-order valence-electron chi connectivity index (χ2n) is 5.59. The van der Waals surface area contributed by atoms with Gasteiger partial charge in [-0.25, -0.2) is 4.79 Å². The van der Waals surface area contributed by atoms with Crippen LogP contribution >= 0.6 is 0 Å². The van der Waals surface area contributed by atoms with Gasteiger partial charge in [-0.2, -0.15) is 0 Å². The number of hydrogen-bond acceptors (Lipinski definition) is 4. The van der Waals surface area contributed by atoms with Crippen molar-refractivity contribution in [2.75, 3.05) is 14.2 Å². The van der Waals surface area contributed by atoms with E-state index in [9.17, 15) is 4.79 Å². The SMILES string of the molecule is C=CCc1cc(CNCc2ccc(C(=O)O)cc2)cc(OC)c1OC. The molecule has 2 aromatic carbocycles. The van der Waals surface area contributed by atoms with Crippen molar-refractivity contribution in [3.05, 3.63) is 71.3 Å². The van der Waals surface area contributed by atoms with Crippen molar-refractivity contribution in [3.8, 4) is 11.5 Å². The number of methoxy groups -OCH3 is 2. The van der Waals surface area contributed by atoms with E-state index in [4.69, 9.17) is 14.6 Å². The molecule has 0 saturated carbocycles. The van der Waals surface area contributed by atoms with Crippen LogP contribution in [0.3, 0.4) is 0 Å². The van der Waals surface area contributed by atoms with Crippen LogP contribution in [0, 0.1) is 0 Å². The van der Waals surface area contributed by atoms with Gasteiger partial charge in [0.25, 0.3) is 0 Å². The molecule has 0 saturated heterocycles. The first-order valence-electron chi connectivity index (χ1n) is 7.96. The summed E-state index contributed by atoms with van der Waals surface area (Å²) in [7, 11) is 3.25.